The third-order valence-electron chi connectivity index (χ3n) is 3.51. The fraction of sp³-hybridized carbons (Fsp3) is 0.250. The van der Waals surface area contributed by atoms with Crippen LogP contribution < -0.4 is 0 Å². The maximum Gasteiger partial charge on any atom is 0.162 e. The molecule has 0 saturated heterocycles. The Morgan fingerprint density at radius 1 is 0.833 bits per heavy atom. The van der Waals surface area contributed by atoms with Crippen molar-refractivity contribution >= 4 is 11.8 Å². The molecule has 0 saturated carbocycles. The van der Waals surface area contributed by atoms with E-state index in [4.69, 9.17) is 0 Å². The normalized spacial score (nSPS) is 24.8. The van der Waals surface area contributed by atoms with Crippen LogP contribution in [-0.4, -0.2) is 5.11 Å². The summed E-state index contributed by atoms with van der Waals surface area (Å²) in [6.45, 7) is 4.33. The second kappa shape index (κ2) is 3.87. The van der Waals surface area contributed by atoms with Gasteiger partial charge in [-0.2, -0.15) is 0 Å². The van der Waals surface area contributed by atoms with Crippen molar-refractivity contribution in [3.63, 3.8) is 0 Å². The molecule has 0 fully saturated rings. The van der Waals surface area contributed by atoms with E-state index in [1.807, 2.05) is 48.5 Å². The van der Waals surface area contributed by atoms with E-state index in [1.54, 1.807) is 11.8 Å². The molecule has 0 bridgehead atoms. The molecule has 0 amide bonds. The quantitative estimate of drug-likeness (QED) is 0.836. The number of benzene rings is 2. The van der Waals surface area contributed by atoms with Gasteiger partial charge in [-0.1, -0.05) is 54.6 Å². The van der Waals surface area contributed by atoms with E-state index in [0.717, 1.165) is 11.1 Å². The van der Waals surface area contributed by atoms with Crippen LogP contribution in [-0.2, 0) is 9.68 Å². The fourth-order valence-corrected chi connectivity index (χ4v) is 4.23. The summed E-state index contributed by atoms with van der Waals surface area (Å²) in [5.41, 5.74) is 3.19. The predicted molar refractivity (Wildman–Crippen MR) is 76.5 cm³/mol. The smallest absolute Gasteiger partial charge is 0.162 e. The highest BCUT2D eigenvalue weighted by atomic mass is 32.2. The molecule has 0 radical (unpaired) electrons. The minimum Gasteiger partial charge on any atom is -0.371 e. The molecule has 2 aromatic carbocycles. The van der Waals surface area contributed by atoms with Crippen LogP contribution in [0.5, 0.6) is 0 Å². The van der Waals surface area contributed by atoms with Gasteiger partial charge in [-0.25, -0.2) is 0 Å². The van der Waals surface area contributed by atoms with Crippen LogP contribution in [0.4, 0.5) is 0 Å². The third-order valence-corrected chi connectivity index (χ3v) is 4.99. The monoisotopic (exact) mass is 256 g/mol. The standard InChI is InChI=1S/C16H16OS/c1-15(2)13-10-6-7-11-14(13)16(17,18-15)12-8-4-3-5-9-12/h3-11,17H,1-2H3. The number of hydrogen-bond acceptors (Lipinski definition) is 2. The van der Waals surface area contributed by atoms with Gasteiger partial charge < -0.3 is 5.11 Å². The van der Waals surface area contributed by atoms with Gasteiger partial charge in [0, 0.05) is 10.3 Å². The van der Waals surface area contributed by atoms with Gasteiger partial charge in [0.25, 0.3) is 0 Å². The highest BCUT2D eigenvalue weighted by Gasteiger charge is 2.48. The molecule has 1 aliphatic heterocycles. The Morgan fingerprint density at radius 3 is 2.06 bits per heavy atom. The molecular weight excluding hydrogens is 240 g/mol. The second-order valence-corrected chi connectivity index (χ2v) is 6.98. The van der Waals surface area contributed by atoms with Gasteiger partial charge in [-0.3, -0.25) is 0 Å². The van der Waals surface area contributed by atoms with E-state index in [2.05, 4.69) is 19.9 Å². The van der Waals surface area contributed by atoms with Crippen LogP contribution in [0, 0.1) is 0 Å². The van der Waals surface area contributed by atoms with Crippen molar-refractivity contribution in [3.05, 3.63) is 71.3 Å². The summed E-state index contributed by atoms with van der Waals surface area (Å²) in [6.07, 6.45) is 0. The van der Waals surface area contributed by atoms with Crippen molar-refractivity contribution in [2.45, 2.75) is 23.5 Å². The van der Waals surface area contributed by atoms with Gasteiger partial charge in [0.05, 0.1) is 0 Å². The van der Waals surface area contributed by atoms with Crippen LogP contribution >= 0.6 is 11.8 Å². The van der Waals surface area contributed by atoms with E-state index in [0.29, 0.717) is 0 Å². The predicted octanol–water partition coefficient (Wildman–Crippen LogP) is 3.86. The summed E-state index contributed by atoms with van der Waals surface area (Å²) in [4.78, 5) is -0.929. The largest absolute Gasteiger partial charge is 0.371 e. The summed E-state index contributed by atoms with van der Waals surface area (Å²) < 4.78 is -0.0683. The van der Waals surface area contributed by atoms with Gasteiger partial charge in [0.1, 0.15) is 0 Å². The molecular formula is C16H16OS. The van der Waals surface area contributed by atoms with Crippen LogP contribution in [0.25, 0.3) is 0 Å². The Bertz CT molecular complexity index is 577. The Morgan fingerprint density at radius 2 is 1.39 bits per heavy atom. The first-order valence-electron chi connectivity index (χ1n) is 6.12. The molecule has 1 N–H and O–H groups in total. The zero-order valence-electron chi connectivity index (χ0n) is 10.6. The average molecular weight is 256 g/mol. The molecule has 1 nitrogen and oxygen atoms in total. The number of rotatable bonds is 1. The van der Waals surface area contributed by atoms with Crippen molar-refractivity contribution in [2.24, 2.45) is 0 Å². The Kier molecular flexibility index (Phi) is 2.54. The lowest BCUT2D eigenvalue weighted by Crippen LogP contribution is -2.20. The molecule has 1 atom stereocenters. The van der Waals surface area contributed by atoms with Crippen molar-refractivity contribution in [3.8, 4) is 0 Å². The third kappa shape index (κ3) is 1.60. The maximum atomic E-state index is 11.1. The fourth-order valence-electron chi connectivity index (χ4n) is 2.66. The number of aliphatic hydroxyl groups is 1. The van der Waals surface area contributed by atoms with Crippen molar-refractivity contribution in [2.75, 3.05) is 0 Å². The molecule has 1 unspecified atom stereocenters. The number of thioether (sulfide) groups is 1. The van der Waals surface area contributed by atoms with Crippen LogP contribution in [0.15, 0.2) is 54.6 Å². The molecule has 2 aromatic rings. The van der Waals surface area contributed by atoms with E-state index in [9.17, 15) is 5.11 Å². The first-order chi connectivity index (χ1) is 8.54. The minimum absolute atomic E-state index is 0.0683. The molecule has 1 aliphatic rings. The Labute approximate surface area is 112 Å². The Balaban J connectivity index is 2.22. The summed E-state index contributed by atoms with van der Waals surface area (Å²) in [5.74, 6) is 0. The summed E-state index contributed by atoms with van der Waals surface area (Å²) in [6, 6.07) is 18.1. The number of hydrogen-bond donors (Lipinski definition) is 1. The first kappa shape index (κ1) is 11.8. The van der Waals surface area contributed by atoms with Crippen molar-refractivity contribution in [1.29, 1.82) is 0 Å². The highest BCUT2D eigenvalue weighted by molar-refractivity contribution is 8.01. The second-order valence-electron chi connectivity index (χ2n) is 5.17. The zero-order chi connectivity index (χ0) is 12.8. The molecule has 2 heteroatoms. The molecule has 18 heavy (non-hydrogen) atoms. The van der Waals surface area contributed by atoms with Gasteiger partial charge in [0.2, 0.25) is 0 Å². The average Bonchev–Trinajstić information content (AvgIpc) is 2.60. The number of fused-ring (bicyclic) bond motifs is 1. The first-order valence-corrected chi connectivity index (χ1v) is 6.94. The van der Waals surface area contributed by atoms with Gasteiger partial charge in [0.15, 0.2) is 4.93 Å². The van der Waals surface area contributed by atoms with E-state index in [1.165, 1.54) is 5.56 Å². The molecule has 0 aromatic heterocycles. The minimum atomic E-state index is -0.929. The molecule has 3 rings (SSSR count). The molecule has 0 aliphatic carbocycles. The summed E-state index contributed by atoms with van der Waals surface area (Å²) >= 11 is 1.61. The summed E-state index contributed by atoms with van der Waals surface area (Å²) in [5, 5.41) is 11.1. The van der Waals surface area contributed by atoms with Crippen LogP contribution in [0.1, 0.15) is 30.5 Å². The van der Waals surface area contributed by atoms with Crippen molar-refractivity contribution in [1.82, 2.24) is 0 Å². The topological polar surface area (TPSA) is 20.2 Å². The SMILES string of the molecule is CC1(C)SC(O)(c2ccccc2)c2ccccc21. The lowest BCUT2D eigenvalue weighted by molar-refractivity contribution is 0.184. The van der Waals surface area contributed by atoms with Crippen LogP contribution in [0.2, 0.25) is 0 Å². The lowest BCUT2D eigenvalue weighted by atomic mass is 9.91. The molecule has 0 spiro atoms. The van der Waals surface area contributed by atoms with Crippen LogP contribution in [0.3, 0.4) is 0 Å². The van der Waals surface area contributed by atoms with Gasteiger partial charge >= 0.3 is 0 Å². The van der Waals surface area contributed by atoms with Crippen molar-refractivity contribution < 1.29 is 5.11 Å². The zero-order valence-corrected chi connectivity index (χ0v) is 11.4. The van der Waals surface area contributed by atoms with E-state index in [-0.39, 0.29) is 4.75 Å². The molecule has 1 heterocycles. The van der Waals surface area contributed by atoms with Gasteiger partial charge in [-0.15, -0.1) is 11.8 Å². The van der Waals surface area contributed by atoms with Gasteiger partial charge in [-0.05, 0) is 25.0 Å². The molecule has 92 valence electrons. The lowest BCUT2D eigenvalue weighted by Gasteiger charge is -2.26. The van der Waals surface area contributed by atoms with E-state index >= 15 is 0 Å². The Hall–Kier alpha value is -1.25. The highest BCUT2D eigenvalue weighted by Crippen LogP contribution is 2.59. The summed E-state index contributed by atoms with van der Waals surface area (Å²) in [7, 11) is 0. The maximum absolute atomic E-state index is 11.1. The van der Waals surface area contributed by atoms with E-state index < -0.39 is 4.93 Å².